The van der Waals surface area contributed by atoms with Crippen molar-refractivity contribution in [2.24, 2.45) is 0 Å². The molecule has 0 aliphatic heterocycles. The molecule has 0 bridgehead atoms. The maximum atomic E-state index is 9.13. The molecular weight excluding hydrogens is 216 g/mol. The first-order chi connectivity index (χ1) is 8.26. The van der Waals surface area contributed by atoms with E-state index in [0.717, 1.165) is 17.7 Å². The van der Waals surface area contributed by atoms with Gasteiger partial charge in [-0.2, -0.15) is 0 Å². The summed E-state index contributed by atoms with van der Waals surface area (Å²) in [5.74, 6) is 3.11. The fourth-order valence-electron chi connectivity index (χ4n) is 1.37. The van der Waals surface area contributed by atoms with Crippen LogP contribution in [0.5, 0.6) is 5.75 Å². The van der Waals surface area contributed by atoms with Gasteiger partial charge in [0.15, 0.2) is 0 Å². The van der Waals surface area contributed by atoms with E-state index in [1.165, 1.54) is 0 Å². The molecule has 1 aromatic carbocycles. The minimum atomic E-state index is -0.653. The lowest BCUT2D eigenvalue weighted by atomic mass is 10.2. The predicted octanol–water partition coefficient (Wildman–Crippen LogP) is 1.99. The van der Waals surface area contributed by atoms with Crippen molar-refractivity contribution >= 4 is 0 Å². The molecule has 17 heavy (non-hydrogen) atoms. The Hall–Kier alpha value is -1.50. The van der Waals surface area contributed by atoms with Crippen LogP contribution in [0.2, 0.25) is 0 Å². The Kier molecular flexibility index (Phi) is 6.16. The molecule has 0 amide bonds. The number of hydrogen-bond acceptors (Lipinski definition) is 3. The Morgan fingerprint density at radius 1 is 1.35 bits per heavy atom. The van der Waals surface area contributed by atoms with Gasteiger partial charge in [0.05, 0.1) is 13.7 Å². The summed E-state index contributed by atoms with van der Waals surface area (Å²) in [6.45, 7) is 1.17. The molecule has 0 heterocycles. The van der Waals surface area contributed by atoms with Gasteiger partial charge in [0.2, 0.25) is 0 Å². The van der Waals surface area contributed by atoms with Crippen LogP contribution in [0.3, 0.4) is 0 Å². The Balaban J connectivity index is 2.16. The molecule has 0 fully saturated rings. The van der Waals surface area contributed by atoms with Crippen LogP contribution in [0.1, 0.15) is 18.4 Å². The first-order valence-corrected chi connectivity index (χ1v) is 5.61. The van der Waals surface area contributed by atoms with Gasteiger partial charge in [0, 0.05) is 6.61 Å². The quantitative estimate of drug-likeness (QED) is 0.579. The SMILES string of the molecule is C#CC(O)CCCOCc1ccc(OC)cc1. The highest BCUT2D eigenvalue weighted by Gasteiger charge is 1.99. The van der Waals surface area contributed by atoms with Crippen molar-refractivity contribution in [2.45, 2.75) is 25.6 Å². The summed E-state index contributed by atoms with van der Waals surface area (Å²) in [5.41, 5.74) is 1.10. The number of benzene rings is 1. The second-order valence-electron chi connectivity index (χ2n) is 3.73. The summed E-state index contributed by atoms with van der Waals surface area (Å²) in [4.78, 5) is 0. The zero-order valence-corrected chi connectivity index (χ0v) is 10.1. The lowest BCUT2D eigenvalue weighted by molar-refractivity contribution is 0.107. The maximum Gasteiger partial charge on any atom is 0.118 e. The molecule has 0 spiro atoms. The second-order valence-corrected chi connectivity index (χ2v) is 3.73. The molecule has 0 aliphatic carbocycles. The molecule has 92 valence electrons. The van der Waals surface area contributed by atoms with Crippen LogP contribution in [0.25, 0.3) is 0 Å². The molecule has 1 atom stereocenters. The van der Waals surface area contributed by atoms with Crippen LogP contribution < -0.4 is 4.74 Å². The predicted molar refractivity (Wildman–Crippen MR) is 66.7 cm³/mol. The number of ether oxygens (including phenoxy) is 2. The van der Waals surface area contributed by atoms with E-state index in [1.54, 1.807) is 7.11 Å². The molecule has 0 aromatic heterocycles. The average molecular weight is 234 g/mol. The summed E-state index contributed by atoms with van der Waals surface area (Å²) < 4.78 is 10.5. The molecular formula is C14H18O3. The van der Waals surface area contributed by atoms with Gasteiger partial charge < -0.3 is 14.6 Å². The number of terminal acetylenes is 1. The maximum absolute atomic E-state index is 9.13. The molecule has 1 unspecified atom stereocenters. The first kappa shape index (κ1) is 13.6. The third-order valence-electron chi connectivity index (χ3n) is 2.39. The minimum absolute atomic E-state index is 0.566. The van der Waals surface area contributed by atoms with Gasteiger partial charge in [-0.05, 0) is 30.5 Å². The third kappa shape index (κ3) is 5.39. The lowest BCUT2D eigenvalue weighted by Crippen LogP contribution is -2.04. The first-order valence-electron chi connectivity index (χ1n) is 5.61. The van der Waals surface area contributed by atoms with Gasteiger partial charge in [-0.25, -0.2) is 0 Å². The molecule has 3 heteroatoms. The normalized spacial score (nSPS) is 11.8. The smallest absolute Gasteiger partial charge is 0.118 e. The van der Waals surface area contributed by atoms with Crippen LogP contribution in [0, 0.1) is 12.3 Å². The summed E-state index contributed by atoms with van der Waals surface area (Å²) in [6, 6.07) is 7.74. The highest BCUT2D eigenvalue weighted by Crippen LogP contribution is 2.12. The standard InChI is InChI=1S/C14H18O3/c1-3-13(15)5-4-10-17-11-12-6-8-14(16-2)9-7-12/h1,6-9,13,15H,4-5,10-11H2,2H3. The van der Waals surface area contributed by atoms with E-state index >= 15 is 0 Å². The second kappa shape index (κ2) is 7.72. The van der Waals surface area contributed by atoms with Crippen LogP contribution in [0.4, 0.5) is 0 Å². The number of aliphatic hydroxyl groups is 1. The number of methoxy groups -OCH3 is 1. The van der Waals surface area contributed by atoms with Gasteiger partial charge in [-0.1, -0.05) is 18.1 Å². The molecule has 0 radical (unpaired) electrons. The number of hydrogen-bond donors (Lipinski definition) is 1. The van der Waals surface area contributed by atoms with E-state index in [4.69, 9.17) is 21.0 Å². The van der Waals surface area contributed by atoms with Gasteiger partial charge in [-0.15, -0.1) is 6.42 Å². The molecule has 1 aromatic rings. The van der Waals surface area contributed by atoms with Crippen molar-refractivity contribution in [1.29, 1.82) is 0 Å². The molecule has 0 saturated heterocycles. The number of rotatable bonds is 7. The van der Waals surface area contributed by atoms with Crippen molar-refractivity contribution in [3.8, 4) is 18.1 Å². The van der Waals surface area contributed by atoms with Crippen LogP contribution in [-0.2, 0) is 11.3 Å². The summed E-state index contributed by atoms with van der Waals surface area (Å²) in [6.07, 6.45) is 5.75. The lowest BCUT2D eigenvalue weighted by Gasteiger charge is -2.06. The highest BCUT2D eigenvalue weighted by molar-refractivity contribution is 5.26. The van der Waals surface area contributed by atoms with Gasteiger partial charge >= 0.3 is 0 Å². The average Bonchev–Trinajstić information content (AvgIpc) is 2.38. The fraction of sp³-hybridized carbons (Fsp3) is 0.429. The third-order valence-corrected chi connectivity index (χ3v) is 2.39. The Morgan fingerprint density at radius 3 is 2.65 bits per heavy atom. The van der Waals surface area contributed by atoms with Crippen molar-refractivity contribution in [2.75, 3.05) is 13.7 Å². The summed E-state index contributed by atoms with van der Waals surface area (Å²) in [5, 5.41) is 9.13. The van der Waals surface area contributed by atoms with E-state index in [1.807, 2.05) is 24.3 Å². The largest absolute Gasteiger partial charge is 0.497 e. The van der Waals surface area contributed by atoms with Crippen molar-refractivity contribution in [1.82, 2.24) is 0 Å². The Bertz CT molecular complexity index is 351. The van der Waals surface area contributed by atoms with E-state index in [2.05, 4.69) is 5.92 Å². The van der Waals surface area contributed by atoms with E-state index in [9.17, 15) is 0 Å². The zero-order valence-electron chi connectivity index (χ0n) is 10.1. The van der Waals surface area contributed by atoms with Crippen LogP contribution >= 0.6 is 0 Å². The van der Waals surface area contributed by atoms with E-state index < -0.39 is 6.10 Å². The highest BCUT2D eigenvalue weighted by atomic mass is 16.5. The number of aliphatic hydroxyl groups excluding tert-OH is 1. The van der Waals surface area contributed by atoms with E-state index in [-0.39, 0.29) is 0 Å². The van der Waals surface area contributed by atoms with Crippen LogP contribution in [0.15, 0.2) is 24.3 Å². The summed E-state index contributed by atoms with van der Waals surface area (Å²) >= 11 is 0. The molecule has 3 nitrogen and oxygen atoms in total. The molecule has 1 N–H and O–H groups in total. The van der Waals surface area contributed by atoms with Crippen molar-refractivity contribution in [3.05, 3.63) is 29.8 Å². The van der Waals surface area contributed by atoms with Gasteiger partial charge in [0.1, 0.15) is 11.9 Å². The Labute approximate surface area is 102 Å². The topological polar surface area (TPSA) is 38.7 Å². The van der Waals surface area contributed by atoms with Crippen molar-refractivity contribution in [3.63, 3.8) is 0 Å². The molecule has 0 aliphatic rings. The summed E-state index contributed by atoms with van der Waals surface area (Å²) in [7, 11) is 1.64. The van der Waals surface area contributed by atoms with Crippen LogP contribution in [-0.4, -0.2) is 24.9 Å². The minimum Gasteiger partial charge on any atom is -0.497 e. The molecule has 0 saturated carbocycles. The molecule has 1 rings (SSSR count). The van der Waals surface area contributed by atoms with Crippen molar-refractivity contribution < 1.29 is 14.6 Å². The van der Waals surface area contributed by atoms with Gasteiger partial charge in [-0.3, -0.25) is 0 Å². The van der Waals surface area contributed by atoms with E-state index in [0.29, 0.717) is 19.6 Å². The zero-order chi connectivity index (χ0) is 12.5. The van der Waals surface area contributed by atoms with Gasteiger partial charge in [0.25, 0.3) is 0 Å². The monoisotopic (exact) mass is 234 g/mol. The fourth-order valence-corrected chi connectivity index (χ4v) is 1.37. The Morgan fingerprint density at radius 2 is 2.06 bits per heavy atom.